The quantitative estimate of drug-likeness (QED) is 0.368. The van der Waals surface area contributed by atoms with Gasteiger partial charge in [-0.15, -0.1) is 0 Å². The summed E-state index contributed by atoms with van der Waals surface area (Å²) in [7, 11) is 1.93. The summed E-state index contributed by atoms with van der Waals surface area (Å²) in [5, 5.41) is 5.80. The standard InChI is InChI=1S/C26H22N4O/c1-18(24-12-9-20-5-3-4-6-25(20)28-24)31-22-10-7-21(8-11-22)26-23(17-30(2)29-26)19-13-15-27-16-14-19/h3-18H,1-2H3. The van der Waals surface area contributed by atoms with Crippen molar-refractivity contribution in [2.24, 2.45) is 7.05 Å². The average molecular weight is 406 g/mol. The third kappa shape index (κ3) is 3.90. The molecule has 0 amide bonds. The van der Waals surface area contributed by atoms with E-state index >= 15 is 0 Å². The number of aromatic nitrogens is 4. The molecule has 0 saturated heterocycles. The first-order valence-corrected chi connectivity index (χ1v) is 10.2. The van der Waals surface area contributed by atoms with Gasteiger partial charge in [0.15, 0.2) is 0 Å². The first-order chi connectivity index (χ1) is 15.2. The van der Waals surface area contributed by atoms with Crippen LogP contribution in [0, 0.1) is 0 Å². The van der Waals surface area contributed by atoms with Gasteiger partial charge in [-0.25, -0.2) is 4.98 Å². The van der Waals surface area contributed by atoms with Gasteiger partial charge in [0.1, 0.15) is 17.5 Å². The summed E-state index contributed by atoms with van der Waals surface area (Å²) >= 11 is 0. The summed E-state index contributed by atoms with van der Waals surface area (Å²) < 4.78 is 8.00. The molecule has 5 rings (SSSR count). The molecular formula is C26H22N4O. The van der Waals surface area contributed by atoms with E-state index in [0.717, 1.165) is 44.7 Å². The summed E-state index contributed by atoms with van der Waals surface area (Å²) in [6, 6.07) is 24.3. The van der Waals surface area contributed by atoms with Crippen molar-refractivity contribution < 1.29 is 4.74 Å². The van der Waals surface area contributed by atoms with Crippen LogP contribution in [0.5, 0.6) is 5.75 Å². The summed E-state index contributed by atoms with van der Waals surface area (Å²) in [6.07, 6.45) is 5.47. The number of aryl methyl sites for hydroxylation is 1. The van der Waals surface area contributed by atoms with Crippen LogP contribution < -0.4 is 4.74 Å². The summed E-state index contributed by atoms with van der Waals surface area (Å²) in [5.74, 6) is 0.799. The van der Waals surface area contributed by atoms with E-state index in [9.17, 15) is 0 Å². The largest absolute Gasteiger partial charge is 0.484 e. The number of rotatable bonds is 5. The Kier molecular flexibility index (Phi) is 4.92. The van der Waals surface area contributed by atoms with Crippen molar-refractivity contribution in [3.63, 3.8) is 0 Å². The molecule has 5 heteroatoms. The van der Waals surface area contributed by atoms with Crippen molar-refractivity contribution >= 4 is 10.9 Å². The highest BCUT2D eigenvalue weighted by Crippen LogP contribution is 2.32. The molecule has 0 bridgehead atoms. The summed E-state index contributed by atoms with van der Waals surface area (Å²) in [4.78, 5) is 8.85. The molecule has 0 saturated carbocycles. The smallest absolute Gasteiger partial charge is 0.138 e. The highest BCUT2D eigenvalue weighted by Gasteiger charge is 2.14. The Labute approximate surface area is 181 Å². The highest BCUT2D eigenvalue weighted by atomic mass is 16.5. The van der Waals surface area contributed by atoms with E-state index in [1.54, 1.807) is 12.4 Å². The number of para-hydroxylation sites is 1. The molecule has 0 N–H and O–H groups in total. The molecule has 0 aliphatic rings. The van der Waals surface area contributed by atoms with Gasteiger partial charge in [-0.3, -0.25) is 9.67 Å². The number of nitrogens with zero attached hydrogens (tertiary/aromatic N) is 4. The Morgan fingerprint density at radius 3 is 2.42 bits per heavy atom. The molecule has 5 aromatic rings. The summed E-state index contributed by atoms with van der Waals surface area (Å²) in [5.41, 5.74) is 6.03. The monoisotopic (exact) mass is 406 g/mol. The van der Waals surface area contributed by atoms with Gasteiger partial charge in [-0.2, -0.15) is 5.10 Å². The van der Waals surface area contributed by atoms with Gasteiger partial charge < -0.3 is 4.74 Å². The number of hydrogen-bond acceptors (Lipinski definition) is 4. The molecule has 0 aliphatic carbocycles. The average Bonchev–Trinajstić information content (AvgIpc) is 3.21. The Morgan fingerprint density at radius 1 is 0.839 bits per heavy atom. The second-order valence-electron chi connectivity index (χ2n) is 7.51. The minimum atomic E-state index is -0.155. The fourth-order valence-electron chi connectivity index (χ4n) is 3.71. The Balaban J connectivity index is 1.38. The lowest BCUT2D eigenvalue weighted by Crippen LogP contribution is -2.05. The zero-order chi connectivity index (χ0) is 21.2. The molecule has 0 aliphatic heterocycles. The van der Waals surface area contributed by atoms with E-state index in [1.165, 1.54) is 0 Å². The third-order valence-corrected chi connectivity index (χ3v) is 5.30. The number of fused-ring (bicyclic) bond motifs is 1. The Bertz CT molecular complexity index is 1330. The molecule has 152 valence electrons. The minimum absolute atomic E-state index is 0.155. The van der Waals surface area contributed by atoms with E-state index in [4.69, 9.17) is 9.72 Å². The lowest BCUT2D eigenvalue weighted by Gasteiger charge is -2.15. The van der Waals surface area contributed by atoms with Gasteiger partial charge in [0.05, 0.1) is 11.2 Å². The lowest BCUT2D eigenvalue weighted by molar-refractivity contribution is 0.222. The molecule has 0 spiro atoms. The van der Waals surface area contributed by atoms with Crippen molar-refractivity contribution in [1.82, 2.24) is 19.7 Å². The number of hydrogen-bond donors (Lipinski definition) is 0. The number of pyridine rings is 2. The predicted molar refractivity (Wildman–Crippen MR) is 123 cm³/mol. The van der Waals surface area contributed by atoms with Crippen LogP contribution in [0.25, 0.3) is 33.3 Å². The molecule has 3 heterocycles. The van der Waals surface area contributed by atoms with E-state index in [1.807, 2.05) is 85.5 Å². The number of ether oxygens (including phenoxy) is 1. The highest BCUT2D eigenvalue weighted by molar-refractivity contribution is 5.80. The normalized spacial score (nSPS) is 12.1. The second-order valence-corrected chi connectivity index (χ2v) is 7.51. The van der Waals surface area contributed by atoms with Crippen LogP contribution in [-0.4, -0.2) is 19.7 Å². The van der Waals surface area contributed by atoms with Gasteiger partial charge >= 0.3 is 0 Å². The Hall–Kier alpha value is -3.99. The maximum absolute atomic E-state index is 6.16. The van der Waals surface area contributed by atoms with Gasteiger partial charge in [-0.1, -0.05) is 24.3 Å². The van der Waals surface area contributed by atoms with Crippen LogP contribution in [0.2, 0.25) is 0 Å². The zero-order valence-electron chi connectivity index (χ0n) is 17.4. The predicted octanol–water partition coefficient (Wildman–Crippen LogP) is 5.84. The molecular weight excluding hydrogens is 384 g/mol. The maximum atomic E-state index is 6.16. The maximum Gasteiger partial charge on any atom is 0.138 e. The fourth-order valence-corrected chi connectivity index (χ4v) is 3.71. The molecule has 1 unspecified atom stereocenters. The molecule has 0 radical (unpaired) electrons. The van der Waals surface area contributed by atoms with Crippen LogP contribution in [0.3, 0.4) is 0 Å². The van der Waals surface area contributed by atoms with Crippen molar-refractivity contribution in [2.75, 3.05) is 0 Å². The topological polar surface area (TPSA) is 52.8 Å². The first-order valence-electron chi connectivity index (χ1n) is 10.2. The first kappa shape index (κ1) is 19.0. The van der Waals surface area contributed by atoms with Crippen LogP contribution in [-0.2, 0) is 7.05 Å². The van der Waals surface area contributed by atoms with Crippen molar-refractivity contribution in [3.05, 3.63) is 97.1 Å². The van der Waals surface area contributed by atoms with E-state index in [0.29, 0.717) is 0 Å². The van der Waals surface area contributed by atoms with Gasteiger partial charge in [0.2, 0.25) is 0 Å². The van der Waals surface area contributed by atoms with Crippen LogP contribution >= 0.6 is 0 Å². The SMILES string of the molecule is CC(Oc1ccc(-c2nn(C)cc2-c2ccncc2)cc1)c1ccc2ccccc2n1. The molecule has 1 atom stereocenters. The van der Waals surface area contributed by atoms with Crippen LogP contribution in [0.4, 0.5) is 0 Å². The van der Waals surface area contributed by atoms with Gasteiger partial charge in [-0.05, 0) is 61.0 Å². The van der Waals surface area contributed by atoms with Gasteiger partial charge in [0, 0.05) is 42.2 Å². The Morgan fingerprint density at radius 2 is 1.61 bits per heavy atom. The zero-order valence-corrected chi connectivity index (χ0v) is 17.4. The van der Waals surface area contributed by atoms with Gasteiger partial charge in [0.25, 0.3) is 0 Å². The van der Waals surface area contributed by atoms with Crippen molar-refractivity contribution in [3.8, 4) is 28.1 Å². The lowest BCUT2D eigenvalue weighted by atomic mass is 10.0. The molecule has 31 heavy (non-hydrogen) atoms. The van der Waals surface area contributed by atoms with Crippen molar-refractivity contribution in [2.45, 2.75) is 13.0 Å². The number of benzene rings is 2. The van der Waals surface area contributed by atoms with E-state index < -0.39 is 0 Å². The van der Waals surface area contributed by atoms with E-state index in [2.05, 4.69) is 22.2 Å². The fraction of sp³-hybridized carbons (Fsp3) is 0.115. The molecule has 2 aromatic carbocycles. The van der Waals surface area contributed by atoms with Crippen LogP contribution in [0.1, 0.15) is 18.7 Å². The molecule has 5 nitrogen and oxygen atoms in total. The van der Waals surface area contributed by atoms with Crippen molar-refractivity contribution in [1.29, 1.82) is 0 Å². The molecule has 0 fully saturated rings. The second kappa shape index (κ2) is 8.03. The third-order valence-electron chi connectivity index (χ3n) is 5.30. The van der Waals surface area contributed by atoms with Crippen LogP contribution in [0.15, 0.2) is 91.4 Å². The molecule has 3 aromatic heterocycles. The van der Waals surface area contributed by atoms with E-state index in [-0.39, 0.29) is 6.10 Å². The summed E-state index contributed by atoms with van der Waals surface area (Å²) in [6.45, 7) is 2.02. The minimum Gasteiger partial charge on any atom is -0.484 e.